The SMILES string of the molecule is CN1CCC(c2cc3ccc(-n4ccc(=O)[nH]c4=O)cc3n2C)CC1. The summed E-state index contributed by atoms with van der Waals surface area (Å²) >= 11 is 0. The molecule has 3 heterocycles. The minimum Gasteiger partial charge on any atom is -0.347 e. The highest BCUT2D eigenvalue weighted by Gasteiger charge is 2.21. The summed E-state index contributed by atoms with van der Waals surface area (Å²) in [7, 11) is 4.27. The lowest BCUT2D eigenvalue weighted by atomic mass is 9.93. The third kappa shape index (κ3) is 2.82. The first-order valence-electron chi connectivity index (χ1n) is 8.63. The largest absolute Gasteiger partial charge is 0.347 e. The summed E-state index contributed by atoms with van der Waals surface area (Å²) in [5.41, 5.74) is 2.41. The Morgan fingerprint density at radius 3 is 2.52 bits per heavy atom. The summed E-state index contributed by atoms with van der Waals surface area (Å²) < 4.78 is 3.70. The summed E-state index contributed by atoms with van der Waals surface area (Å²) in [5, 5.41) is 1.18. The van der Waals surface area contributed by atoms with Crippen LogP contribution in [0.25, 0.3) is 16.6 Å². The number of hydrogen-bond donors (Lipinski definition) is 1. The van der Waals surface area contributed by atoms with Crippen LogP contribution in [0.3, 0.4) is 0 Å². The summed E-state index contributed by atoms with van der Waals surface area (Å²) in [6.45, 7) is 2.26. The monoisotopic (exact) mass is 338 g/mol. The Morgan fingerprint density at radius 2 is 1.80 bits per heavy atom. The Kier molecular flexibility index (Phi) is 3.84. The lowest BCUT2D eigenvalue weighted by Gasteiger charge is -2.29. The highest BCUT2D eigenvalue weighted by atomic mass is 16.2. The second kappa shape index (κ2) is 6.04. The van der Waals surface area contributed by atoms with E-state index in [1.54, 1.807) is 0 Å². The van der Waals surface area contributed by atoms with Crippen LogP contribution in [0, 0.1) is 0 Å². The van der Waals surface area contributed by atoms with E-state index in [4.69, 9.17) is 0 Å². The van der Waals surface area contributed by atoms with Crippen LogP contribution in [-0.4, -0.2) is 39.2 Å². The van der Waals surface area contributed by atoms with Gasteiger partial charge < -0.3 is 9.47 Å². The number of hydrogen-bond acceptors (Lipinski definition) is 3. The van der Waals surface area contributed by atoms with Gasteiger partial charge in [-0.15, -0.1) is 0 Å². The zero-order valence-corrected chi connectivity index (χ0v) is 14.5. The van der Waals surface area contributed by atoms with Crippen molar-refractivity contribution in [2.75, 3.05) is 20.1 Å². The maximum atomic E-state index is 12.0. The fraction of sp³-hybridized carbons (Fsp3) is 0.368. The van der Waals surface area contributed by atoms with Crippen molar-refractivity contribution >= 4 is 10.9 Å². The maximum Gasteiger partial charge on any atom is 0.332 e. The normalized spacial score (nSPS) is 16.6. The second-order valence-electron chi connectivity index (χ2n) is 6.93. The molecule has 1 saturated heterocycles. The number of piperidine rings is 1. The highest BCUT2D eigenvalue weighted by Crippen LogP contribution is 2.32. The lowest BCUT2D eigenvalue weighted by Crippen LogP contribution is -2.29. The molecule has 0 atom stereocenters. The van der Waals surface area contributed by atoms with Crippen molar-refractivity contribution in [2.45, 2.75) is 18.8 Å². The maximum absolute atomic E-state index is 12.0. The van der Waals surface area contributed by atoms with Crippen LogP contribution in [0.5, 0.6) is 0 Å². The summed E-state index contributed by atoms with van der Waals surface area (Å²) in [6, 6.07) is 9.60. The number of likely N-dealkylation sites (tertiary alicyclic amines) is 1. The summed E-state index contributed by atoms with van der Waals surface area (Å²) in [5.74, 6) is 0.577. The van der Waals surface area contributed by atoms with Crippen LogP contribution in [-0.2, 0) is 7.05 Å². The number of benzene rings is 1. The zero-order chi connectivity index (χ0) is 17.6. The van der Waals surface area contributed by atoms with E-state index < -0.39 is 5.69 Å². The third-order valence-electron chi connectivity index (χ3n) is 5.30. The van der Waals surface area contributed by atoms with Crippen LogP contribution in [0.1, 0.15) is 24.5 Å². The Balaban J connectivity index is 1.77. The first kappa shape index (κ1) is 15.9. The van der Waals surface area contributed by atoms with Crippen LogP contribution in [0.15, 0.2) is 46.1 Å². The van der Waals surface area contributed by atoms with Gasteiger partial charge in [-0.25, -0.2) is 4.79 Å². The molecule has 1 fully saturated rings. The Morgan fingerprint density at radius 1 is 1.04 bits per heavy atom. The molecule has 3 aromatic rings. The fourth-order valence-corrected chi connectivity index (χ4v) is 3.81. The molecule has 130 valence electrons. The molecule has 1 aromatic carbocycles. The van der Waals surface area contributed by atoms with Crippen LogP contribution in [0.2, 0.25) is 0 Å². The molecule has 0 saturated carbocycles. The van der Waals surface area contributed by atoms with Gasteiger partial charge in [0.25, 0.3) is 5.56 Å². The van der Waals surface area contributed by atoms with Gasteiger partial charge in [0, 0.05) is 36.3 Å². The predicted octanol–water partition coefficient (Wildman–Crippen LogP) is 1.83. The van der Waals surface area contributed by atoms with E-state index in [9.17, 15) is 9.59 Å². The smallest absolute Gasteiger partial charge is 0.332 e. The fourth-order valence-electron chi connectivity index (χ4n) is 3.81. The van der Waals surface area contributed by atoms with Gasteiger partial charge in [0.15, 0.2) is 0 Å². The standard InChI is InChI=1S/C19H22N4O2/c1-21-8-5-13(6-9-21)16-11-14-3-4-15(12-17(14)22(16)2)23-10-7-18(24)20-19(23)25/h3-4,7,10-13H,5-6,8-9H2,1-2H3,(H,20,24,25). The molecule has 1 aliphatic rings. The molecule has 6 heteroatoms. The van der Waals surface area contributed by atoms with Crippen LogP contribution >= 0.6 is 0 Å². The molecule has 6 nitrogen and oxygen atoms in total. The number of rotatable bonds is 2. The van der Waals surface area contributed by atoms with E-state index in [1.165, 1.54) is 40.8 Å². The molecule has 0 aliphatic carbocycles. The molecule has 2 aromatic heterocycles. The number of aromatic amines is 1. The average Bonchev–Trinajstić information content (AvgIpc) is 2.92. The molecule has 0 amide bonds. The van der Waals surface area contributed by atoms with Gasteiger partial charge >= 0.3 is 5.69 Å². The first-order chi connectivity index (χ1) is 12.0. The molecular weight excluding hydrogens is 316 g/mol. The van der Waals surface area contributed by atoms with Gasteiger partial charge in [0.2, 0.25) is 0 Å². The van der Waals surface area contributed by atoms with Crippen molar-refractivity contribution in [1.29, 1.82) is 0 Å². The molecule has 1 N–H and O–H groups in total. The van der Waals surface area contributed by atoms with Gasteiger partial charge in [-0.05, 0) is 51.2 Å². The zero-order valence-electron chi connectivity index (χ0n) is 14.5. The van der Waals surface area contributed by atoms with E-state index in [0.717, 1.165) is 24.3 Å². The number of aryl methyl sites for hydroxylation is 1. The van der Waals surface area contributed by atoms with Crippen molar-refractivity contribution in [1.82, 2.24) is 19.0 Å². The van der Waals surface area contributed by atoms with Gasteiger partial charge in [-0.2, -0.15) is 0 Å². The average molecular weight is 338 g/mol. The van der Waals surface area contributed by atoms with E-state index in [2.05, 4.69) is 34.6 Å². The molecule has 0 spiro atoms. The quantitative estimate of drug-likeness (QED) is 0.775. The van der Waals surface area contributed by atoms with Gasteiger partial charge in [-0.3, -0.25) is 14.3 Å². The van der Waals surface area contributed by atoms with Crippen molar-refractivity contribution in [3.63, 3.8) is 0 Å². The van der Waals surface area contributed by atoms with Crippen molar-refractivity contribution < 1.29 is 0 Å². The predicted molar refractivity (Wildman–Crippen MR) is 98.6 cm³/mol. The Bertz CT molecular complexity index is 1040. The third-order valence-corrected chi connectivity index (χ3v) is 5.30. The molecule has 4 rings (SSSR count). The van der Waals surface area contributed by atoms with E-state index in [1.807, 2.05) is 18.2 Å². The van der Waals surface area contributed by atoms with Gasteiger partial charge in [-0.1, -0.05) is 6.07 Å². The van der Waals surface area contributed by atoms with E-state index in [-0.39, 0.29) is 5.56 Å². The van der Waals surface area contributed by atoms with Crippen molar-refractivity contribution in [2.24, 2.45) is 7.05 Å². The molecule has 0 bridgehead atoms. The Labute approximate surface area is 145 Å². The van der Waals surface area contributed by atoms with Gasteiger partial charge in [0.05, 0.1) is 11.2 Å². The number of fused-ring (bicyclic) bond motifs is 1. The van der Waals surface area contributed by atoms with Crippen molar-refractivity contribution in [3.05, 3.63) is 63.1 Å². The minimum atomic E-state index is -0.420. The lowest BCUT2D eigenvalue weighted by molar-refractivity contribution is 0.252. The Hall–Kier alpha value is -2.60. The first-order valence-corrected chi connectivity index (χ1v) is 8.63. The second-order valence-corrected chi connectivity index (χ2v) is 6.93. The number of nitrogens with zero attached hydrogens (tertiary/aromatic N) is 3. The minimum absolute atomic E-state index is 0.384. The summed E-state index contributed by atoms with van der Waals surface area (Å²) in [4.78, 5) is 28.0. The molecule has 0 radical (unpaired) electrons. The molecule has 0 unspecified atom stereocenters. The number of aromatic nitrogens is 3. The van der Waals surface area contributed by atoms with Crippen molar-refractivity contribution in [3.8, 4) is 5.69 Å². The number of H-pyrrole nitrogens is 1. The van der Waals surface area contributed by atoms with Gasteiger partial charge in [0.1, 0.15) is 0 Å². The molecule has 1 aliphatic heterocycles. The molecule has 25 heavy (non-hydrogen) atoms. The van der Waals surface area contributed by atoms with E-state index in [0.29, 0.717) is 5.92 Å². The summed E-state index contributed by atoms with van der Waals surface area (Å²) in [6.07, 6.45) is 3.86. The highest BCUT2D eigenvalue weighted by molar-refractivity contribution is 5.83. The van der Waals surface area contributed by atoms with Crippen LogP contribution in [0.4, 0.5) is 0 Å². The number of nitrogens with one attached hydrogen (secondary N) is 1. The van der Waals surface area contributed by atoms with Crippen LogP contribution < -0.4 is 11.2 Å². The van der Waals surface area contributed by atoms with E-state index >= 15 is 0 Å². The topological polar surface area (TPSA) is 63.0 Å². The molecular formula is C19H22N4O2.